The van der Waals surface area contributed by atoms with Crippen LogP contribution in [-0.2, 0) is 19.3 Å². The van der Waals surface area contributed by atoms with Crippen molar-refractivity contribution < 1.29 is 17.6 Å². The summed E-state index contributed by atoms with van der Waals surface area (Å²) in [5.74, 6) is -3.27. The summed E-state index contributed by atoms with van der Waals surface area (Å²) in [4.78, 5) is 0. The molecule has 0 saturated heterocycles. The average molecular weight is 372 g/mol. The van der Waals surface area contributed by atoms with Crippen LogP contribution in [0.5, 0.6) is 0 Å². The minimum absolute atomic E-state index is 0.211. The van der Waals surface area contributed by atoms with Crippen molar-refractivity contribution in [3.8, 4) is 11.1 Å². The van der Waals surface area contributed by atoms with E-state index in [9.17, 15) is 17.6 Å². The molecule has 4 heteroatoms. The van der Waals surface area contributed by atoms with E-state index in [2.05, 4.69) is 0 Å². The van der Waals surface area contributed by atoms with Crippen LogP contribution in [0, 0.1) is 30.2 Å². The lowest BCUT2D eigenvalue weighted by molar-refractivity contribution is 0.493. The molecule has 0 N–H and O–H groups in total. The van der Waals surface area contributed by atoms with Gasteiger partial charge in [0.1, 0.15) is 0 Å². The summed E-state index contributed by atoms with van der Waals surface area (Å²) in [5, 5.41) is 0. The molecule has 0 aromatic heterocycles. The molecule has 3 aromatic carbocycles. The predicted molar refractivity (Wildman–Crippen MR) is 99.7 cm³/mol. The summed E-state index contributed by atoms with van der Waals surface area (Å²) >= 11 is 0. The first-order valence-corrected chi connectivity index (χ1v) is 8.92. The number of benzene rings is 3. The maximum absolute atomic E-state index is 14.3. The van der Waals surface area contributed by atoms with Crippen LogP contribution in [0.1, 0.15) is 29.2 Å². The molecule has 0 aliphatic rings. The summed E-state index contributed by atoms with van der Waals surface area (Å²) in [5.41, 5.74) is 2.65. The first-order chi connectivity index (χ1) is 12.9. The van der Waals surface area contributed by atoms with Crippen molar-refractivity contribution in [2.75, 3.05) is 0 Å². The molecule has 0 spiro atoms. The summed E-state index contributed by atoms with van der Waals surface area (Å²) in [7, 11) is 0. The molecule has 0 nitrogen and oxygen atoms in total. The van der Waals surface area contributed by atoms with E-state index in [4.69, 9.17) is 0 Å². The van der Waals surface area contributed by atoms with Gasteiger partial charge in [0.2, 0.25) is 0 Å². The Morgan fingerprint density at radius 1 is 0.630 bits per heavy atom. The number of aryl methyl sites for hydroxylation is 4. The Morgan fingerprint density at radius 2 is 1.26 bits per heavy atom. The van der Waals surface area contributed by atoms with Gasteiger partial charge in [0, 0.05) is 5.56 Å². The molecular formula is C23H20F4. The molecule has 3 rings (SSSR count). The van der Waals surface area contributed by atoms with Crippen LogP contribution in [-0.4, -0.2) is 0 Å². The third-order valence-corrected chi connectivity index (χ3v) is 4.85. The van der Waals surface area contributed by atoms with Crippen LogP contribution in [0.2, 0.25) is 0 Å². The second-order valence-electron chi connectivity index (χ2n) is 6.62. The first kappa shape index (κ1) is 19.2. The molecule has 0 aliphatic carbocycles. The van der Waals surface area contributed by atoms with Crippen molar-refractivity contribution in [1.82, 2.24) is 0 Å². The first-order valence-electron chi connectivity index (χ1n) is 8.92. The van der Waals surface area contributed by atoms with Crippen LogP contribution in [0.15, 0.2) is 48.5 Å². The Kier molecular flexibility index (Phi) is 5.64. The monoisotopic (exact) mass is 372 g/mol. The van der Waals surface area contributed by atoms with Gasteiger partial charge in [-0.1, -0.05) is 55.5 Å². The van der Waals surface area contributed by atoms with E-state index in [0.29, 0.717) is 36.0 Å². The second-order valence-corrected chi connectivity index (χ2v) is 6.62. The van der Waals surface area contributed by atoms with Crippen molar-refractivity contribution in [3.63, 3.8) is 0 Å². The van der Waals surface area contributed by atoms with Crippen LogP contribution >= 0.6 is 0 Å². The highest BCUT2D eigenvalue weighted by molar-refractivity contribution is 5.65. The van der Waals surface area contributed by atoms with E-state index >= 15 is 0 Å². The highest BCUT2D eigenvalue weighted by Gasteiger charge is 2.14. The highest BCUT2D eigenvalue weighted by atomic mass is 19.2. The minimum atomic E-state index is -0.848. The van der Waals surface area contributed by atoms with Gasteiger partial charge >= 0.3 is 0 Å². The lowest BCUT2D eigenvalue weighted by Crippen LogP contribution is -1.99. The molecule has 0 saturated carbocycles. The summed E-state index contributed by atoms with van der Waals surface area (Å²) in [6.07, 6.45) is 1.31. The van der Waals surface area contributed by atoms with Crippen LogP contribution in [0.3, 0.4) is 0 Å². The Balaban J connectivity index is 1.77. The van der Waals surface area contributed by atoms with Crippen LogP contribution in [0.25, 0.3) is 11.1 Å². The van der Waals surface area contributed by atoms with E-state index in [1.54, 1.807) is 55.5 Å². The quantitative estimate of drug-likeness (QED) is 0.445. The van der Waals surface area contributed by atoms with Gasteiger partial charge in [-0.15, -0.1) is 0 Å². The molecule has 3 aromatic rings. The minimum Gasteiger partial charge on any atom is -0.203 e. The molecule has 0 atom stereocenters. The standard InChI is InChI=1S/C23H20F4/c1-3-16-12-13-19(23(27)21(16)25)17-9-5-15(6-10-17)7-11-18-8-4-14(2)20(24)22(18)26/h4-6,8-10,12-13H,3,7,11H2,1-2H3. The normalized spacial score (nSPS) is 11.0. The van der Waals surface area contributed by atoms with Gasteiger partial charge in [0.05, 0.1) is 0 Å². The molecule has 0 radical (unpaired) electrons. The Bertz CT molecular complexity index is 959. The fourth-order valence-corrected chi connectivity index (χ4v) is 3.09. The van der Waals surface area contributed by atoms with Crippen LogP contribution in [0.4, 0.5) is 17.6 Å². The van der Waals surface area contributed by atoms with Gasteiger partial charge < -0.3 is 0 Å². The van der Waals surface area contributed by atoms with Gasteiger partial charge in [-0.2, -0.15) is 0 Å². The number of halogens is 4. The molecule has 0 fully saturated rings. The number of hydrogen-bond donors (Lipinski definition) is 0. The van der Waals surface area contributed by atoms with Gasteiger partial charge in [0.25, 0.3) is 0 Å². The SMILES string of the molecule is CCc1ccc(-c2ccc(CCc3ccc(C)c(F)c3F)cc2)c(F)c1F. The fraction of sp³-hybridized carbons (Fsp3) is 0.217. The smallest absolute Gasteiger partial charge is 0.166 e. The van der Waals surface area contributed by atoms with Crippen LogP contribution < -0.4 is 0 Å². The van der Waals surface area contributed by atoms with Crippen molar-refractivity contribution >= 4 is 0 Å². The molecule has 0 bridgehead atoms. The molecule has 27 heavy (non-hydrogen) atoms. The van der Waals surface area contributed by atoms with Crippen molar-refractivity contribution in [2.24, 2.45) is 0 Å². The third kappa shape index (κ3) is 3.90. The van der Waals surface area contributed by atoms with E-state index in [1.165, 1.54) is 6.92 Å². The predicted octanol–water partition coefficient (Wildman–Crippen LogP) is 6.57. The van der Waals surface area contributed by atoms with E-state index in [0.717, 1.165) is 5.56 Å². The Labute approximate surface area is 156 Å². The number of rotatable bonds is 5. The van der Waals surface area contributed by atoms with E-state index in [-0.39, 0.29) is 11.1 Å². The van der Waals surface area contributed by atoms with Gasteiger partial charge in [-0.3, -0.25) is 0 Å². The maximum atomic E-state index is 14.3. The number of hydrogen-bond acceptors (Lipinski definition) is 0. The lowest BCUT2D eigenvalue weighted by Gasteiger charge is -2.09. The Hall–Kier alpha value is -2.62. The third-order valence-electron chi connectivity index (χ3n) is 4.85. The fourth-order valence-electron chi connectivity index (χ4n) is 3.09. The molecule has 140 valence electrons. The van der Waals surface area contributed by atoms with Gasteiger partial charge in [0.15, 0.2) is 23.3 Å². The summed E-state index contributed by atoms with van der Waals surface area (Å²) in [6.45, 7) is 3.30. The molecular weight excluding hydrogens is 352 g/mol. The maximum Gasteiger partial charge on any atom is 0.166 e. The van der Waals surface area contributed by atoms with E-state index in [1.807, 2.05) is 0 Å². The van der Waals surface area contributed by atoms with Gasteiger partial charge in [-0.05, 0) is 54.0 Å². The zero-order valence-corrected chi connectivity index (χ0v) is 15.3. The second kappa shape index (κ2) is 7.95. The van der Waals surface area contributed by atoms with Crippen molar-refractivity contribution in [3.05, 3.63) is 94.1 Å². The topological polar surface area (TPSA) is 0 Å². The Morgan fingerprint density at radius 3 is 1.93 bits per heavy atom. The average Bonchev–Trinajstić information content (AvgIpc) is 2.68. The largest absolute Gasteiger partial charge is 0.203 e. The lowest BCUT2D eigenvalue weighted by atomic mass is 9.98. The van der Waals surface area contributed by atoms with Crippen molar-refractivity contribution in [1.29, 1.82) is 0 Å². The summed E-state index contributed by atoms with van der Waals surface area (Å²) < 4.78 is 55.8. The zero-order valence-electron chi connectivity index (χ0n) is 15.3. The molecule has 0 amide bonds. The van der Waals surface area contributed by atoms with E-state index < -0.39 is 23.3 Å². The molecule has 0 heterocycles. The zero-order chi connectivity index (χ0) is 19.6. The van der Waals surface area contributed by atoms with Gasteiger partial charge in [-0.25, -0.2) is 17.6 Å². The molecule has 0 unspecified atom stereocenters. The van der Waals surface area contributed by atoms with Crippen molar-refractivity contribution in [2.45, 2.75) is 33.1 Å². The highest BCUT2D eigenvalue weighted by Crippen LogP contribution is 2.27. The molecule has 0 aliphatic heterocycles. The summed E-state index contributed by atoms with van der Waals surface area (Å²) in [6, 6.07) is 13.3.